The molecule has 1 aromatic rings. The summed E-state index contributed by atoms with van der Waals surface area (Å²) in [7, 11) is 1.67. The average Bonchev–Trinajstić information content (AvgIpc) is 2.19. The highest BCUT2D eigenvalue weighted by Crippen LogP contribution is 2.13. The molecule has 0 aromatic heterocycles. The number of benzene rings is 1. The largest absolute Gasteiger partial charge is 0.491 e. The van der Waals surface area contributed by atoms with Crippen molar-refractivity contribution in [3.8, 4) is 5.75 Å². The zero-order chi connectivity index (χ0) is 9.52. The maximum atomic E-state index is 5.46. The summed E-state index contributed by atoms with van der Waals surface area (Å²) in [5.74, 6) is 0.927. The van der Waals surface area contributed by atoms with Crippen molar-refractivity contribution < 1.29 is 9.47 Å². The van der Waals surface area contributed by atoms with Gasteiger partial charge in [-0.3, -0.25) is 0 Å². The minimum absolute atomic E-state index is 0.615. The van der Waals surface area contributed by atoms with Gasteiger partial charge in [0.05, 0.1) is 6.61 Å². The standard InChI is InChI=1S/C11H16O2/c1-3-10-5-4-6-11(9-10)13-8-7-12-2/h4-6,9H,3,7-8H2,1-2H3. The number of methoxy groups -OCH3 is 1. The topological polar surface area (TPSA) is 18.5 Å². The molecule has 0 bridgehead atoms. The van der Waals surface area contributed by atoms with E-state index in [4.69, 9.17) is 9.47 Å². The maximum absolute atomic E-state index is 5.46. The molecule has 0 atom stereocenters. The van der Waals surface area contributed by atoms with Crippen LogP contribution >= 0.6 is 0 Å². The Morgan fingerprint density at radius 1 is 1.23 bits per heavy atom. The van der Waals surface area contributed by atoms with Crippen molar-refractivity contribution in [3.63, 3.8) is 0 Å². The van der Waals surface area contributed by atoms with Crippen molar-refractivity contribution in [3.05, 3.63) is 29.8 Å². The molecule has 0 saturated carbocycles. The molecule has 0 aliphatic heterocycles. The molecule has 0 radical (unpaired) electrons. The molecule has 0 unspecified atom stereocenters. The Bertz CT molecular complexity index is 246. The van der Waals surface area contributed by atoms with Crippen molar-refractivity contribution >= 4 is 0 Å². The fourth-order valence-electron chi connectivity index (χ4n) is 1.10. The normalized spacial score (nSPS) is 10.0. The Balaban J connectivity index is 2.46. The average molecular weight is 180 g/mol. The van der Waals surface area contributed by atoms with Gasteiger partial charge < -0.3 is 9.47 Å². The molecule has 2 nitrogen and oxygen atoms in total. The van der Waals surface area contributed by atoms with Crippen molar-refractivity contribution in [2.24, 2.45) is 0 Å². The maximum Gasteiger partial charge on any atom is 0.119 e. The second-order valence-corrected chi connectivity index (χ2v) is 2.84. The Morgan fingerprint density at radius 3 is 2.77 bits per heavy atom. The van der Waals surface area contributed by atoms with Gasteiger partial charge in [-0.05, 0) is 24.1 Å². The van der Waals surface area contributed by atoms with Crippen LogP contribution in [0.2, 0.25) is 0 Å². The minimum atomic E-state index is 0.615. The van der Waals surface area contributed by atoms with Crippen LogP contribution in [-0.2, 0) is 11.2 Å². The van der Waals surface area contributed by atoms with Gasteiger partial charge in [0.2, 0.25) is 0 Å². The van der Waals surface area contributed by atoms with Gasteiger partial charge >= 0.3 is 0 Å². The molecule has 1 rings (SSSR count). The van der Waals surface area contributed by atoms with Crippen LogP contribution in [-0.4, -0.2) is 20.3 Å². The second kappa shape index (κ2) is 5.60. The highest BCUT2D eigenvalue weighted by atomic mass is 16.5. The van der Waals surface area contributed by atoms with E-state index in [2.05, 4.69) is 19.1 Å². The number of hydrogen-bond acceptors (Lipinski definition) is 2. The lowest BCUT2D eigenvalue weighted by atomic mass is 10.2. The van der Waals surface area contributed by atoms with Crippen LogP contribution < -0.4 is 4.74 Å². The zero-order valence-corrected chi connectivity index (χ0v) is 8.25. The molecule has 0 N–H and O–H groups in total. The van der Waals surface area contributed by atoms with Crippen LogP contribution in [0.4, 0.5) is 0 Å². The van der Waals surface area contributed by atoms with E-state index in [1.165, 1.54) is 5.56 Å². The lowest BCUT2D eigenvalue weighted by molar-refractivity contribution is 0.146. The lowest BCUT2D eigenvalue weighted by Crippen LogP contribution is -2.04. The van der Waals surface area contributed by atoms with E-state index < -0.39 is 0 Å². The zero-order valence-electron chi connectivity index (χ0n) is 8.25. The highest BCUT2D eigenvalue weighted by Gasteiger charge is 1.94. The van der Waals surface area contributed by atoms with Crippen molar-refractivity contribution in [1.29, 1.82) is 0 Å². The Hall–Kier alpha value is -1.02. The van der Waals surface area contributed by atoms with Gasteiger partial charge in [-0.25, -0.2) is 0 Å². The van der Waals surface area contributed by atoms with Crippen molar-refractivity contribution in [1.82, 2.24) is 0 Å². The van der Waals surface area contributed by atoms with Crippen molar-refractivity contribution in [2.45, 2.75) is 13.3 Å². The molecular formula is C11H16O2. The Kier molecular flexibility index (Phi) is 4.33. The quantitative estimate of drug-likeness (QED) is 0.647. The van der Waals surface area contributed by atoms with Gasteiger partial charge in [-0.2, -0.15) is 0 Å². The van der Waals surface area contributed by atoms with E-state index >= 15 is 0 Å². The third kappa shape index (κ3) is 3.47. The third-order valence-electron chi connectivity index (χ3n) is 1.86. The summed E-state index contributed by atoms with van der Waals surface area (Å²) in [4.78, 5) is 0. The molecule has 0 aliphatic rings. The fourth-order valence-corrected chi connectivity index (χ4v) is 1.10. The molecule has 1 aromatic carbocycles. The second-order valence-electron chi connectivity index (χ2n) is 2.84. The number of ether oxygens (including phenoxy) is 2. The van der Waals surface area contributed by atoms with Gasteiger partial charge in [-0.15, -0.1) is 0 Å². The summed E-state index contributed by atoms with van der Waals surface area (Å²) >= 11 is 0. The van der Waals surface area contributed by atoms with Crippen LogP contribution in [0.3, 0.4) is 0 Å². The molecule has 0 amide bonds. The van der Waals surface area contributed by atoms with Gasteiger partial charge in [0.25, 0.3) is 0 Å². The van der Waals surface area contributed by atoms with E-state index in [0.717, 1.165) is 12.2 Å². The number of aryl methyl sites for hydroxylation is 1. The summed E-state index contributed by atoms with van der Waals surface area (Å²) < 4.78 is 10.4. The van der Waals surface area contributed by atoms with Crippen LogP contribution in [0.5, 0.6) is 5.75 Å². The molecule has 0 fully saturated rings. The molecule has 13 heavy (non-hydrogen) atoms. The molecule has 0 saturated heterocycles. The molecule has 2 heteroatoms. The molecular weight excluding hydrogens is 164 g/mol. The first-order chi connectivity index (χ1) is 6.36. The summed E-state index contributed by atoms with van der Waals surface area (Å²) in [5, 5.41) is 0. The number of hydrogen-bond donors (Lipinski definition) is 0. The first kappa shape index (κ1) is 10.1. The van der Waals surface area contributed by atoms with Gasteiger partial charge in [-0.1, -0.05) is 19.1 Å². The summed E-state index contributed by atoms with van der Waals surface area (Å²) in [5.41, 5.74) is 1.30. The third-order valence-corrected chi connectivity index (χ3v) is 1.86. The van der Waals surface area contributed by atoms with E-state index in [1.54, 1.807) is 7.11 Å². The Labute approximate surface area is 79.5 Å². The first-order valence-electron chi connectivity index (χ1n) is 4.57. The van der Waals surface area contributed by atoms with E-state index in [0.29, 0.717) is 13.2 Å². The smallest absolute Gasteiger partial charge is 0.119 e. The lowest BCUT2D eigenvalue weighted by Gasteiger charge is -2.06. The summed E-state index contributed by atoms with van der Waals surface area (Å²) in [6.07, 6.45) is 1.04. The summed E-state index contributed by atoms with van der Waals surface area (Å²) in [6, 6.07) is 8.15. The van der Waals surface area contributed by atoms with Crippen LogP contribution in [0.25, 0.3) is 0 Å². The van der Waals surface area contributed by atoms with Crippen LogP contribution in [0.15, 0.2) is 24.3 Å². The Morgan fingerprint density at radius 2 is 2.08 bits per heavy atom. The molecule has 0 heterocycles. The van der Waals surface area contributed by atoms with Gasteiger partial charge in [0.15, 0.2) is 0 Å². The van der Waals surface area contributed by atoms with Gasteiger partial charge in [0, 0.05) is 7.11 Å². The molecule has 72 valence electrons. The minimum Gasteiger partial charge on any atom is -0.491 e. The molecule has 0 spiro atoms. The fraction of sp³-hybridized carbons (Fsp3) is 0.455. The van der Waals surface area contributed by atoms with E-state index in [1.807, 2.05) is 12.1 Å². The summed E-state index contributed by atoms with van der Waals surface area (Å²) in [6.45, 7) is 3.38. The van der Waals surface area contributed by atoms with Gasteiger partial charge in [0.1, 0.15) is 12.4 Å². The predicted molar refractivity (Wildman–Crippen MR) is 53.2 cm³/mol. The van der Waals surface area contributed by atoms with Crippen LogP contribution in [0.1, 0.15) is 12.5 Å². The molecule has 0 aliphatic carbocycles. The van der Waals surface area contributed by atoms with E-state index in [-0.39, 0.29) is 0 Å². The monoisotopic (exact) mass is 180 g/mol. The number of rotatable bonds is 5. The predicted octanol–water partition coefficient (Wildman–Crippen LogP) is 2.27. The van der Waals surface area contributed by atoms with Crippen LogP contribution in [0, 0.1) is 0 Å². The van der Waals surface area contributed by atoms with Crippen molar-refractivity contribution in [2.75, 3.05) is 20.3 Å². The SMILES string of the molecule is CCc1cccc(OCCOC)c1. The van der Waals surface area contributed by atoms with E-state index in [9.17, 15) is 0 Å². The first-order valence-corrected chi connectivity index (χ1v) is 4.57. The highest BCUT2D eigenvalue weighted by molar-refractivity contribution is 5.28.